The molecule has 5 heteroatoms. The number of nitrogens with zero attached hydrogens (tertiary/aromatic N) is 2. The first-order valence-corrected chi connectivity index (χ1v) is 7.00. The predicted octanol–water partition coefficient (Wildman–Crippen LogP) is 2.54. The number of imidazole rings is 1. The van der Waals surface area contributed by atoms with Crippen LogP contribution in [0.3, 0.4) is 0 Å². The number of hydrogen-bond acceptors (Lipinski definition) is 3. The summed E-state index contributed by atoms with van der Waals surface area (Å²) in [5.41, 5.74) is 7.83. The first-order chi connectivity index (χ1) is 9.22. The number of hydrogen-bond donors (Lipinski definition) is 1. The second-order valence-electron chi connectivity index (χ2n) is 5.06. The first-order valence-electron chi connectivity index (χ1n) is 6.62. The summed E-state index contributed by atoms with van der Waals surface area (Å²) in [7, 11) is 1.69. The van der Waals surface area contributed by atoms with Crippen molar-refractivity contribution < 1.29 is 4.74 Å². The number of nitrogens with two attached hydrogens (primary N) is 1. The molecule has 0 aliphatic heterocycles. The number of methoxy groups -OCH3 is 1. The van der Waals surface area contributed by atoms with E-state index in [0.717, 1.165) is 28.3 Å². The number of benzene rings is 1. The van der Waals surface area contributed by atoms with Gasteiger partial charge in [0.25, 0.3) is 0 Å². The number of ether oxygens (including phenoxy) is 1. The fraction of sp³-hybridized carbons (Fsp3) is 0.500. The summed E-state index contributed by atoms with van der Waals surface area (Å²) in [5, 5.41) is 0.753. The molecular formula is C14H18ClN3O. The quantitative estimate of drug-likeness (QED) is 0.915. The summed E-state index contributed by atoms with van der Waals surface area (Å²) in [6.45, 7) is 0.505. The zero-order valence-electron chi connectivity index (χ0n) is 11.0. The second kappa shape index (κ2) is 5.12. The molecule has 0 bridgehead atoms. The zero-order chi connectivity index (χ0) is 13.4. The number of halogens is 1. The molecule has 2 N–H and O–H groups in total. The van der Waals surface area contributed by atoms with E-state index in [1.54, 1.807) is 7.11 Å². The number of rotatable bonds is 5. The SMILES string of the molecule is COC(CN)Cc1nc2ccc(Cl)cc2n1C1CC1. The van der Waals surface area contributed by atoms with Crippen LogP contribution in [0.15, 0.2) is 18.2 Å². The normalized spacial score (nSPS) is 17.0. The van der Waals surface area contributed by atoms with Crippen molar-refractivity contribution in [1.29, 1.82) is 0 Å². The smallest absolute Gasteiger partial charge is 0.112 e. The largest absolute Gasteiger partial charge is 0.380 e. The third-order valence-corrected chi connectivity index (χ3v) is 3.88. The van der Waals surface area contributed by atoms with Gasteiger partial charge in [0, 0.05) is 31.1 Å². The van der Waals surface area contributed by atoms with Crippen LogP contribution < -0.4 is 5.73 Å². The maximum absolute atomic E-state index is 6.10. The fourth-order valence-corrected chi connectivity index (χ4v) is 2.63. The van der Waals surface area contributed by atoms with Crippen LogP contribution in [-0.2, 0) is 11.2 Å². The molecule has 1 unspecified atom stereocenters. The van der Waals surface area contributed by atoms with Gasteiger partial charge < -0.3 is 15.0 Å². The van der Waals surface area contributed by atoms with Gasteiger partial charge in [-0.15, -0.1) is 0 Å². The average molecular weight is 280 g/mol. The van der Waals surface area contributed by atoms with Gasteiger partial charge in [-0.1, -0.05) is 11.6 Å². The monoisotopic (exact) mass is 279 g/mol. The Morgan fingerprint density at radius 3 is 2.95 bits per heavy atom. The van der Waals surface area contributed by atoms with Crippen molar-refractivity contribution in [2.45, 2.75) is 31.4 Å². The van der Waals surface area contributed by atoms with Crippen molar-refractivity contribution >= 4 is 22.6 Å². The molecule has 0 radical (unpaired) electrons. The maximum atomic E-state index is 6.10. The van der Waals surface area contributed by atoms with Crippen LogP contribution in [0.5, 0.6) is 0 Å². The lowest BCUT2D eigenvalue weighted by Gasteiger charge is -2.14. The number of fused-ring (bicyclic) bond motifs is 1. The molecule has 1 heterocycles. The van der Waals surface area contributed by atoms with E-state index in [4.69, 9.17) is 27.1 Å². The molecule has 2 aromatic rings. The van der Waals surface area contributed by atoms with E-state index in [-0.39, 0.29) is 6.10 Å². The van der Waals surface area contributed by atoms with Crippen molar-refractivity contribution in [1.82, 2.24) is 9.55 Å². The van der Waals surface area contributed by atoms with Crippen LogP contribution >= 0.6 is 11.6 Å². The Kier molecular flexibility index (Phi) is 3.48. The van der Waals surface area contributed by atoms with E-state index in [9.17, 15) is 0 Å². The molecule has 0 saturated heterocycles. The van der Waals surface area contributed by atoms with Crippen molar-refractivity contribution in [3.63, 3.8) is 0 Å². The van der Waals surface area contributed by atoms with Gasteiger partial charge in [0.15, 0.2) is 0 Å². The Bertz CT molecular complexity index is 588. The molecule has 1 saturated carbocycles. The molecule has 1 aromatic carbocycles. The molecular weight excluding hydrogens is 262 g/mol. The van der Waals surface area contributed by atoms with Crippen LogP contribution in [-0.4, -0.2) is 29.3 Å². The zero-order valence-corrected chi connectivity index (χ0v) is 11.7. The highest BCUT2D eigenvalue weighted by molar-refractivity contribution is 6.31. The van der Waals surface area contributed by atoms with Crippen molar-refractivity contribution in [3.05, 3.63) is 29.0 Å². The van der Waals surface area contributed by atoms with Crippen molar-refractivity contribution in [2.24, 2.45) is 5.73 Å². The summed E-state index contributed by atoms with van der Waals surface area (Å²) >= 11 is 6.10. The Labute approximate surface area is 117 Å². The van der Waals surface area contributed by atoms with Gasteiger partial charge in [0.1, 0.15) is 5.82 Å². The van der Waals surface area contributed by atoms with Crippen LogP contribution in [0, 0.1) is 0 Å². The predicted molar refractivity (Wildman–Crippen MR) is 76.6 cm³/mol. The summed E-state index contributed by atoms with van der Waals surface area (Å²) in [4.78, 5) is 4.72. The minimum Gasteiger partial charge on any atom is -0.380 e. The van der Waals surface area contributed by atoms with Crippen molar-refractivity contribution in [3.8, 4) is 0 Å². The molecule has 4 nitrogen and oxygen atoms in total. The highest BCUT2D eigenvalue weighted by Gasteiger charge is 2.28. The summed E-state index contributed by atoms with van der Waals surface area (Å²) in [5.74, 6) is 1.05. The molecule has 1 atom stereocenters. The second-order valence-corrected chi connectivity index (χ2v) is 5.50. The Morgan fingerprint density at radius 1 is 1.53 bits per heavy atom. The molecule has 0 spiro atoms. The van der Waals surface area contributed by atoms with Gasteiger partial charge in [0.2, 0.25) is 0 Å². The highest BCUT2D eigenvalue weighted by atomic mass is 35.5. The standard InChI is InChI=1S/C14H18ClN3O/c1-19-11(8-16)7-14-17-12-5-2-9(15)6-13(12)18(14)10-3-4-10/h2,5-6,10-11H,3-4,7-8,16H2,1H3. The van der Waals surface area contributed by atoms with Crippen molar-refractivity contribution in [2.75, 3.05) is 13.7 Å². The lowest BCUT2D eigenvalue weighted by atomic mass is 10.2. The molecule has 1 aromatic heterocycles. The van der Waals surface area contributed by atoms with Gasteiger partial charge in [-0.25, -0.2) is 4.98 Å². The van der Waals surface area contributed by atoms with E-state index in [2.05, 4.69) is 4.57 Å². The summed E-state index contributed by atoms with van der Waals surface area (Å²) in [6.07, 6.45) is 3.19. The highest BCUT2D eigenvalue weighted by Crippen LogP contribution is 2.39. The minimum atomic E-state index is 0.0183. The van der Waals surface area contributed by atoms with E-state index in [0.29, 0.717) is 12.6 Å². The van der Waals surface area contributed by atoms with E-state index >= 15 is 0 Å². The average Bonchev–Trinajstić information content (AvgIpc) is 3.18. The molecule has 1 aliphatic rings. The molecule has 3 rings (SSSR count). The Balaban J connectivity index is 2.05. The molecule has 1 fully saturated rings. The fourth-order valence-electron chi connectivity index (χ4n) is 2.47. The third kappa shape index (κ3) is 2.48. The molecule has 102 valence electrons. The number of aromatic nitrogens is 2. The van der Waals surface area contributed by atoms with Crippen LogP contribution in [0.4, 0.5) is 0 Å². The Hall–Kier alpha value is -1.10. The van der Waals surface area contributed by atoms with E-state index < -0.39 is 0 Å². The van der Waals surface area contributed by atoms with E-state index in [1.807, 2.05) is 18.2 Å². The topological polar surface area (TPSA) is 53.1 Å². The van der Waals surface area contributed by atoms with Gasteiger partial charge in [0.05, 0.1) is 17.1 Å². The summed E-state index contributed by atoms with van der Waals surface area (Å²) in [6, 6.07) is 6.42. The lowest BCUT2D eigenvalue weighted by molar-refractivity contribution is 0.107. The minimum absolute atomic E-state index is 0.0183. The molecule has 1 aliphatic carbocycles. The first kappa shape index (κ1) is 12.9. The van der Waals surface area contributed by atoms with Gasteiger partial charge >= 0.3 is 0 Å². The van der Waals surface area contributed by atoms with Gasteiger partial charge in [-0.3, -0.25) is 0 Å². The molecule has 19 heavy (non-hydrogen) atoms. The summed E-state index contributed by atoms with van der Waals surface area (Å²) < 4.78 is 7.68. The van der Waals surface area contributed by atoms with Crippen LogP contribution in [0.25, 0.3) is 11.0 Å². The Morgan fingerprint density at radius 2 is 2.32 bits per heavy atom. The van der Waals surface area contributed by atoms with Crippen LogP contribution in [0.2, 0.25) is 5.02 Å². The van der Waals surface area contributed by atoms with E-state index in [1.165, 1.54) is 12.8 Å². The third-order valence-electron chi connectivity index (χ3n) is 3.64. The molecule has 0 amide bonds. The van der Waals surface area contributed by atoms with Gasteiger partial charge in [-0.05, 0) is 31.0 Å². The van der Waals surface area contributed by atoms with Gasteiger partial charge in [-0.2, -0.15) is 0 Å². The lowest BCUT2D eigenvalue weighted by Crippen LogP contribution is -2.26. The van der Waals surface area contributed by atoms with Crippen LogP contribution in [0.1, 0.15) is 24.7 Å². The maximum Gasteiger partial charge on any atom is 0.112 e.